The lowest BCUT2D eigenvalue weighted by atomic mass is 9.86. The van der Waals surface area contributed by atoms with Crippen LogP contribution in [-0.4, -0.2) is 5.78 Å². The van der Waals surface area contributed by atoms with E-state index in [0.29, 0.717) is 5.56 Å². The van der Waals surface area contributed by atoms with Crippen molar-refractivity contribution >= 4 is 11.5 Å². The van der Waals surface area contributed by atoms with Gasteiger partial charge in [0.05, 0.1) is 0 Å². The van der Waals surface area contributed by atoms with E-state index in [-0.39, 0.29) is 11.2 Å². The number of anilines is 1. The van der Waals surface area contributed by atoms with Crippen LogP contribution >= 0.6 is 0 Å². The Bertz CT molecular complexity index is 658. The van der Waals surface area contributed by atoms with Crippen molar-refractivity contribution < 1.29 is 4.79 Å². The molecule has 0 heterocycles. The summed E-state index contributed by atoms with van der Waals surface area (Å²) in [5, 5.41) is 3.11. The Balaban J connectivity index is 1.99. The van der Waals surface area contributed by atoms with E-state index in [1.165, 1.54) is 11.1 Å². The Kier molecular flexibility index (Phi) is 4.81. The second-order valence-corrected chi connectivity index (χ2v) is 6.54. The molecule has 114 valence electrons. The molecule has 2 heteroatoms. The van der Waals surface area contributed by atoms with Gasteiger partial charge in [0.25, 0.3) is 0 Å². The van der Waals surface area contributed by atoms with Gasteiger partial charge in [-0.2, -0.15) is 0 Å². The highest BCUT2D eigenvalue weighted by Gasteiger charge is 2.13. The zero-order valence-corrected chi connectivity index (χ0v) is 13.7. The average molecular weight is 293 g/mol. The number of nitrogens with one attached hydrogen (secondary N) is 1. The first kappa shape index (κ1) is 16.0. The predicted octanol–water partition coefficient (Wildman–Crippen LogP) is 5.10. The maximum absolute atomic E-state index is 12.1. The fraction of sp³-hybridized carbons (Fsp3) is 0.250. The molecule has 0 bridgehead atoms. The van der Waals surface area contributed by atoms with Crippen molar-refractivity contribution in [2.24, 2.45) is 0 Å². The van der Waals surface area contributed by atoms with Crippen molar-refractivity contribution in [3.63, 3.8) is 0 Å². The van der Waals surface area contributed by atoms with Gasteiger partial charge in [-0.25, -0.2) is 0 Å². The first-order chi connectivity index (χ1) is 10.4. The molecule has 0 fully saturated rings. The number of allylic oxidation sites excluding steroid dienone is 1. The Morgan fingerprint density at radius 3 is 2.09 bits per heavy atom. The Morgan fingerprint density at radius 2 is 1.55 bits per heavy atom. The van der Waals surface area contributed by atoms with Crippen molar-refractivity contribution in [1.29, 1.82) is 0 Å². The standard InChI is InChI=1S/C20H23NO/c1-15-5-11-18(12-6-15)21-14-13-19(22)16-7-9-17(10-8-16)20(2,3)4/h5-14,21H,1-4H3/b14-13+. The zero-order chi connectivity index (χ0) is 16.2. The summed E-state index contributed by atoms with van der Waals surface area (Å²) in [4.78, 5) is 12.1. The average Bonchev–Trinajstić information content (AvgIpc) is 2.48. The zero-order valence-electron chi connectivity index (χ0n) is 13.7. The molecule has 2 rings (SSSR count). The Hall–Kier alpha value is -2.35. The van der Waals surface area contributed by atoms with Gasteiger partial charge in [0, 0.05) is 23.5 Å². The third-order valence-corrected chi connectivity index (χ3v) is 3.57. The Morgan fingerprint density at radius 1 is 0.955 bits per heavy atom. The van der Waals surface area contributed by atoms with Gasteiger partial charge < -0.3 is 5.32 Å². The summed E-state index contributed by atoms with van der Waals surface area (Å²) in [7, 11) is 0. The van der Waals surface area contributed by atoms with Gasteiger partial charge in [-0.1, -0.05) is 62.7 Å². The molecular formula is C20H23NO. The molecule has 0 aliphatic rings. The first-order valence-electron chi connectivity index (χ1n) is 7.51. The number of rotatable bonds is 4. The molecule has 2 aromatic carbocycles. The number of hydrogen-bond acceptors (Lipinski definition) is 2. The van der Waals surface area contributed by atoms with E-state index in [1.807, 2.05) is 55.5 Å². The van der Waals surface area contributed by atoms with Crippen molar-refractivity contribution in [1.82, 2.24) is 0 Å². The molecule has 0 aliphatic carbocycles. The fourth-order valence-electron chi connectivity index (χ4n) is 2.09. The molecule has 1 N–H and O–H groups in total. The highest BCUT2D eigenvalue weighted by molar-refractivity contribution is 6.04. The molecular weight excluding hydrogens is 270 g/mol. The maximum atomic E-state index is 12.1. The van der Waals surface area contributed by atoms with Gasteiger partial charge in [0.1, 0.15) is 0 Å². The summed E-state index contributed by atoms with van der Waals surface area (Å²) < 4.78 is 0. The van der Waals surface area contributed by atoms with Gasteiger partial charge in [-0.3, -0.25) is 4.79 Å². The van der Waals surface area contributed by atoms with Gasteiger partial charge in [0.15, 0.2) is 5.78 Å². The minimum absolute atomic E-state index is 0.0000656. The van der Waals surface area contributed by atoms with Crippen LogP contribution in [0, 0.1) is 6.92 Å². The summed E-state index contributed by atoms with van der Waals surface area (Å²) in [5.74, 6) is 0.0000656. The summed E-state index contributed by atoms with van der Waals surface area (Å²) in [5.41, 5.74) is 4.22. The summed E-state index contributed by atoms with van der Waals surface area (Å²) in [6, 6.07) is 15.9. The van der Waals surface area contributed by atoms with Crippen LogP contribution in [0.4, 0.5) is 5.69 Å². The van der Waals surface area contributed by atoms with Crippen LogP contribution in [0.1, 0.15) is 42.3 Å². The van der Waals surface area contributed by atoms with Gasteiger partial charge >= 0.3 is 0 Å². The Labute approximate surface area is 132 Å². The SMILES string of the molecule is Cc1ccc(N/C=C/C(=O)c2ccc(C(C)(C)C)cc2)cc1. The molecule has 0 atom stereocenters. The van der Waals surface area contributed by atoms with E-state index in [1.54, 1.807) is 12.3 Å². The molecule has 2 aromatic rings. The van der Waals surface area contributed by atoms with Crippen molar-refractivity contribution in [2.45, 2.75) is 33.1 Å². The summed E-state index contributed by atoms with van der Waals surface area (Å²) in [6.45, 7) is 8.53. The number of aryl methyl sites for hydroxylation is 1. The molecule has 0 saturated heterocycles. The molecule has 2 nitrogen and oxygen atoms in total. The monoisotopic (exact) mass is 293 g/mol. The molecule has 0 unspecified atom stereocenters. The van der Waals surface area contributed by atoms with E-state index in [2.05, 4.69) is 26.1 Å². The normalized spacial score (nSPS) is 11.6. The smallest absolute Gasteiger partial charge is 0.187 e. The number of hydrogen-bond donors (Lipinski definition) is 1. The largest absolute Gasteiger partial charge is 0.362 e. The van der Waals surface area contributed by atoms with E-state index in [9.17, 15) is 4.79 Å². The van der Waals surface area contributed by atoms with Crippen molar-refractivity contribution in [2.75, 3.05) is 5.32 Å². The molecule has 0 amide bonds. The molecule has 0 aromatic heterocycles. The molecule has 0 aliphatic heterocycles. The van der Waals surface area contributed by atoms with E-state index in [4.69, 9.17) is 0 Å². The van der Waals surface area contributed by atoms with Crippen LogP contribution in [0.25, 0.3) is 0 Å². The lowest BCUT2D eigenvalue weighted by Crippen LogP contribution is -2.11. The van der Waals surface area contributed by atoms with Gasteiger partial charge in [-0.15, -0.1) is 0 Å². The quantitative estimate of drug-likeness (QED) is 0.627. The minimum Gasteiger partial charge on any atom is -0.362 e. The van der Waals surface area contributed by atoms with Gasteiger partial charge in [-0.05, 0) is 30.0 Å². The van der Waals surface area contributed by atoms with Crippen molar-refractivity contribution in [3.8, 4) is 0 Å². The van der Waals surface area contributed by atoms with E-state index >= 15 is 0 Å². The topological polar surface area (TPSA) is 29.1 Å². The van der Waals surface area contributed by atoms with Crippen LogP contribution in [0.2, 0.25) is 0 Å². The number of carbonyl (C=O) groups excluding carboxylic acids is 1. The molecule has 22 heavy (non-hydrogen) atoms. The van der Waals surface area contributed by atoms with Crippen LogP contribution in [0.3, 0.4) is 0 Å². The number of benzene rings is 2. The molecule has 0 spiro atoms. The van der Waals surface area contributed by atoms with Crippen LogP contribution in [-0.2, 0) is 5.41 Å². The highest BCUT2D eigenvalue weighted by atomic mass is 16.1. The minimum atomic E-state index is 0.0000656. The van der Waals surface area contributed by atoms with E-state index < -0.39 is 0 Å². The second kappa shape index (κ2) is 6.61. The van der Waals surface area contributed by atoms with Crippen LogP contribution < -0.4 is 5.32 Å². The number of ketones is 1. The summed E-state index contributed by atoms with van der Waals surface area (Å²) in [6.07, 6.45) is 3.25. The third kappa shape index (κ3) is 4.32. The predicted molar refractivity (Wildman–Crippen MR) is 93.4 cm³/mol. The van der Waals surface area contributed by atoms with Crippen LogP contribution in [0.5, 0.6) is 0 Å². The lowest BCUT2D eigenvalue weighted by Gasteiger charge is -2.18. The maximum Gasteiger partial charge on any atom is 0.187 e. The lowest BCUT2D eigenvalue weighted by molar-refractivity contribution is 0.104. The molecule has 0 saturated carbocycles. The fourth-order valence-corrected chi connectivity index (χ4v) is 2.09. The van der Waals surface area contributed by atoms with Gasteiger partial charge in [0.2, 0.25) is 0 Å². The second-order valence-electron chi connectivity index (χ2n) is 6.54. The van der Waals surface area contributed by atoms with Crippen molar-refractivity contribution in [3.05, 3.63) is 77.5 Å². The summed E-state index contributed by atoms with van der Waals surface area (Å²) >= 11 is 0. The highest BCUT2D eigenvalue weighted by Crippen LogP contribution is 2.22. The molecule has 0 radical (unpaired) electrons. The number of carbonyl (C=O) groups is 1. The first-order valence-corrected chi connectivity index (χ1v) is 7.51. The third-order valence-electron chi connectivity index (χ3n) is 3.57. The van der Waals surface area contributed by atoms with E-state index in [0.717, 1.165) is 5.69 Å². The van der Waals surface area contributed by atoms with Crippen LogP contribution in [0.15, 0.2) is 60.8 Å².